The number of rotatable bonds is 4. The molecule has 2 aromatic rings. The number of carbonyl (C=O) groups excluding carboxylic acids is 2. The van der Waals surface area contributed by atoms with Gasteiger partial charge >= 0.3 is 0 Å². The van der Waals surface area contributed by atoms with Crippen molar-refractivity contribution >= 4 is 23.2 Å². The van der Waals surface area contributed by atoms with E-state index < -0.39 is 0 Å². The number of likely N-dealkylation sites (tertiary alicyclic amines) is 1. The van der Waals surface area contributed by atoms with Gasteiger partial charge < -0.3 is 15.0 Å². The summed E-state index contributed by atoms with van der Waals surface area (Å²) in [5, 5.41) is 5.66. The van der Waals surface area contributed by atoms with Crippen LogP contribution < -0.4 is 5.32 Å². The standard InChI is InChI=1S/C21H23N3O3S/c1-13(25)22-9-15-16-10-24(12-21(16)8-7-18(15)27-21)20(26)17-11-28-19(23-17)14-5-3-2-4-6-14/h2-6,11,15-16,18H,7-10,12H2,1H3,(H,22,25)/t15-,16+,18+,21+/m0/s1. The molecule has 3 fully saturated rings. The minimum absolute atomic E-state index is 0.0151. The lowest BCUT2D eigenvalue weighted by molar-refractivity contribution is -0.119. The third-order valence-corrected chi connectivity index (χ3v) is 7.29. The van der Waals surface area contributed by atoms with Crippen LogP contribution in [0.4, 0.5) is 0 Å². The first kappa shape index (κ1) is 17.8. The number of amides is 2. The Labute approximate surface area is 167 Å². The van der Waals surface area contributed by atoms with Crippen LogP contribution in [-0.2, 0) is 9.53 Å². The molecule has 0 radical (unpaired) electrons. The molecule has 3 saturated heterocycles. The summed E-state index contributed by atoms with van der Waals surface area (Å²) in [5.41, 5.74) is 1.30. The first-order chi connectivity index (χ1) is 13.6. The third-order valence-electron chi connectivity index (χ3n) is 6.40. The second-order valence-electron chi connectivity index (χ2n) is 8.06. The number of carbonyl (C=O) groups is 2. The van der Waals surface area contributed by atoms with Gasteiger partial charge in [0.15, 0.2) is 0 Å². The highest BCUT2D eigenvalue weighted by atomic mass is 32.1. The molecule has 1 aromatic carbocycles. The Morgan fingerprint density at radius 1 is 1.36 bits per heavy atom. The summed E-state index contributed by atoms with van der Waals surface area (Å²) in [4.78, 5) is 30.9. The molecule has 3 aliphatic rings. The normalized spacial score (nSPS) is 30.5. The second kappa shape index (κ2) is 6.67. The number of ether oxygens (including phenoxy) is 1. The number of benzene rings is 1. The van der Waals surface area contributed by atoms with Crippen molar-refractivity contribution in [3.63, 3.8) is 0 Å². The van der Waals surface area contributed by atoms with Gasteiger partial charge in [-0.1, -0.05) is 30.3 Å². The lowest BCUT2D eigenvalue weighted by Crippen LogP contribution is -2.41. The molecule has 0 saturated carbocycles. The van der Waals surface area contributed by atoms with Gasteiger partial charge in [-0.25, -0.2) is 4.98 Å². The molecule has 7 heteroatoms. The smallest absolute Gasteiger partial charge is 0.273 e. The Bertz CT molecular complexity index is 915. The fourth-order valence-corrected chi connectivity index (χ4v) is 5.93. The number of thiazole rings is 1. The van der Waals surface area contributed by atoms with Gasteiger partial charge in [-0.05, 0) is 12.8 Å². The quantitative estimate of drug-likeness (QED) is 0.861. The minimum Gasteiger partial charge on any atom is -0.369 e. The lowest BCUT2D eigenvalue weighted by atomic mass is 9.73. The van der Waals surface area contributed by atoms with E-state index in [9.17, 15) is 9.59 Å². The average Bonchev–Trinajstić information content (AvgIpc) is 3.45. The van der Waals surface area contributed by atoms with Crippen molar-refractivity contribution in [3.8, 4) is 10.6 Å². The van der Waals surface area contributed by atoms with Crippen molar-refractivity contribution < 1.29 is 14.3 Å². The highest BCUT2D eigenvalue weighted by Crippen LogP contribution is 2.54. The molecular weight excluding hydrogens is 374 g/mol. The lowest BCUT2D eigenvalue weighted by Gasteiger charge is -2.29. The molecule has 0 unspecified atom stereocenters. The van der Waals surface area contributed by atoms with Gasteiger partial charge in [0.05, 0.1) is 18.2 Å². The molecule has 0 aliphatic carbocycles. The highest BCUT2D eigenvalue weighted by molar-refractivity contribution is 7.13. The van der Waals surface area contributed by atoms with Gasteiger partial charge in [-0.15, -0.1) is 11.3 Å². The Morgan fingerprint density at radius 2 is 2.18 bits per heavy atom. The van der Waals surface area contributed by atoms with E-state index >= 15 is 0 Å². The Morgan fingerprint density at radius 3 is 2.96 bits per heavy atom. The van der Waals surface area contributed by atoms with E-state index in [2.05, 4.69) is 10.3 Å². The number of aromatic nitrogens is 1. The van der Waals surface area contributed by atoms with Crippen LogP contribution in [0.5, 0.6) is 0 Å². The fourth-order valence-electron chi connectivity index (χ4n) is 5.13. The van der Waals surface area contributed by atoms with Crippen LogP contribution in [0.15, 0.2) is 35.7 Å². The highest BCUT2D eigenvalue weighted by Gasteiger charge is 2.63. The zero-order valence-electron chi connectivity index (χ0n) is 15.8. The first-order valence-corrected chi connectivity index (χ1v) is 10.7. The van der Waals surface area contributed by atoms with Crippen LogP contribution in [0.25, 0.3) is 10.6 Å². The van der Waals surface area contributed by atoms with Gasteiger partial charge in [0.1, 0.15) is 10.7 Å². The summed E-state index contributed by atoms with van der Waals surface area (Å²) in [7, 11) is 0. The maximum absolute atomic E-state index is 13.1. The van der Waals surface area contributed by atoms with E-state index in [0.717, 1.165) is 23.4 Å². The number of nitrogens with zero attached hydrogens (tertiary/aromatic N) is 2. The minimum atomic E-state index is -0.234. The van der Waals surface area contributed by atoms with Crippen molar-refractivity contribution in [2.45, 2.75) is 31.5 Å². The Hall–Kier alpha value is -2.25. The molecule has 2 amide bonds. The molecule has 6 nitrogen and oxygen atoms in total. The van der Waals surface area contributed by atoms with Gasteiger partial charge in [-0.3, -0.25) is 9.59 Å². The van der Waals surface area contributed by atoms with E-state index in [0.29, 0.717) is 25.3 Å². The predicted octanol–water partition coefficient (Wildman–Crippen LogP) is 2.57. The van der Waals surface area contributed by atoms with Gasteiger partial charge in [0.25, 0.3) is 5.91 Å². The predicted molar refractivity (Wildman–Crippen MR) is 106 cm³/mol. The molecule has 1 aromatic heterocycles. The average molecular weight is 398 g/mol. The maximum atomic E-state index is 13.1. The molecule has 1 N–H and O–H groups in total. The maximum Gasteiger partial charge on any atom is 0.273 e. The monoisotopic (exact) mass is 397 g/mol. The van der Waals surface area contributed by atoms with Crippen molar-refractivity contribution in [2.75, 3.05) is 19.6 Å². The van der Waals surface area contributed by atoms with Crippen molar-refractivity contribution in [1.82, 2.24) is 15.2 Å². The number of hydrogen-bond donors (Lipinski definition) is 1. The SMILES string of the molecule is CC(=O)NC[C@H]1[C@H]2CN(C(=O)c3csc(-c4ccccc4)n3)C[C@]23CC[C@H]1O3. The van der Waals surface area contributed by atoms with E-state index in [1.807, 2.05) is 40.6 Å². The van der Waals surface area contributed by atoms with Crippen LogP contribution in [0.3, 0.4) is 0 Å². The molecular formula is C21H23N3O3S. The summed E-state index contributed by atoms with van der Waals surface area (Å²) >= 11 is 1.50. The van der Waals surface area contributed by atoms with Gasteiger partial charge in [-0.2, -0.15) is 0 Å². The summed E-state index contributed by atoms with van der Waals surface area (Å²) in [5.74, 6) is 0.534. The summed E-state index contributed by atoms with van der Waals surface area (Å²) in [6, 6.07) is 9.93. The Balaban J connectivity index is 1.33. The molecule has 2 bridgehead atoms. The largest absolute Gasteiger partial charge is 0.369 e. The van der Waals surface area contributed by atoms with Crippen LogP contribution in [-0.4, -0.2) is 53.0 Å². The molecule has 5 rings (SSSR count). The van der Waals surface area contributed by atoms with E-state index in [1.54, 1.807) is 6.92 Å². The van der Waals surface area contributed by atoms with Gasteiger partial charge in [0.2, 0.25) is 5.91 Å². The number of nitrogens with one attached hydrogen (secondary N) is 1. The van der Waals surface area contributed by atoms with E-state index in [4.69, 9.17) is 4.74 Å². The number of hydrogen-bond acceptors (Lipinski definition) is 5. The third kappa shape index (κ3) is 2.84. The molecule has 4 heterocycles. The van der Waals surface area contributed by atoms with Crippen molar-refractivity contribution in [1.29, 1.82) is 0 Å². The van der Waals surface area contributed by atoms with Crippen molar-refractivity contribution in [3.05, 3.63) is 41.4 Å². The topological polar surface area (TPSA) is 71.5 Å². The van der Waals surface area contributed by atoms with E-state index in [-0.39, 0.29) is 35.4 Å². The zero-order chi connectivity index (χ0) is 19.3. The molecule has 3 aliphatic heterocycles. The molecule has 1 spiro atoms. The molecule has 28 heavy (non-hydrogen) atoms. The fraction of sp³-hybridized carbons (Fsp3) is 0.476. The van der Waals surface area contributed by atoms with Gasteiger partial charge in [0, 0.05) is 42.8 Å². The van der Waals surface area contributed by atoms with Crippen molar-refractivity contribution in [2.24, 2.45) is 11.8 Å². The Kier molecular flexibility index (Phi) is 4.25. The summed E-state index contributed by atoms with van der Waals surface area (Å²) in [6.45, 7) is 3.48. The molecule has 146 valence electrons. The van der Waals surface area contributed by atoms with Crippen LogP contribution >= 0.6 is 11.3 Å². The van der Waals surface area contributed by atoms with E-state index in [1.165, 1.54) is 11.3 Å². The summed E-state index contributed by atoms with van der Waals surface area (Å²) < 4.78 is 6.36. The van der Waals surface area contributed by atoms with Crippen LogP contribution in [0.2, 0.25) is 0 Å². The number of fused-ring (bicyclic) bond motifs is 1. The zero-order valence-corrected chi connectivity index (χ0v) is 16.6. The summed E-state index contributed by atoms with van der Waals surface area (Å²) in [6.07, 6.45) is 2.21. The molecule has 4 atom stereocenters. The van der Waals surface area contributed by atoms with Crippen LogP contribution in [0, 0.1) is 11.8 Å². The second-order valence-corrected chi connectivity index (χ2v) is 8.91. The van der Waals surface area contributed by atoms with Crippen LogP contribution in [0.1, 0.15) is 30.3 Å². The first-order valence-electron chi connectivity index (χ1n) is 9.78.